The third kappa shape index (κ3) is 3.73. The number of carbonyl (C=O) groups excluding carboxylic acids is 1. The standard InChI is InChI=1S/C20H23NO2/c1-14(2)23-17-12-10-16(11-13-17)20(22)21-19-9-5-7-15-6-3-4-8-18(15)19/h3-4,6,8,10-14,19H,5,7,9H2,1-2H3,(H,21,22)/t19-/m0/s1. The smallest absolute Gasteiger partial charge is 0.251 e. The molecule has 2 aromatic rings. The van der Waals surface area contributed by atoms with Gasteiger partial charge in [0.05, 0.1) is 12.1 Å². The summed E-state index contributed by atoms with van der Waals surface area (Å²) in [4.78, 5) is 12.5. The van der Waals surface area contributed by atoms with Gasteiger partial charge in [0.2, 0.25) is 0 Å². The fourth-order valence-corrected chi connectivity index (χ4v) is 3.10. The normalized spacial score (nSPS) is 16.7. The summed E-state index contributed by atoms with van der Waals surface area (Å²) < 4.78 is 5.61. The molecule has 0 aliphatic heterocycles. The van der Waals surface area contributed by atoms with E-state index < -0.39 is 0 Å². The molecular formula is C20H23NO2. The van der Waals surface area contributed by atoms with Crippen LogP contribution in [0.3, 0.4) is 0 Å². The summed E-state index contributed by atoms with van der Waals surface area (Å²) in [6, 6.07) is 15.8. The molecule has 0 unspecified atom stereocenters. The van der Waals surface area contributed by atoms with Crippen molar-refractivity contribution >= 4 is 5.91 Å². The van der Waals surface area contributed by atoms with Gasteiger partial charge in [-0.15, -0.1) is 0 Å². The first kappa shape index (κ1) is 15.6. The maximum atomic E-state index is 12.5. The zero-order valence-corrected chi connectivity index (χ0v) is 13.7. The molecule has 3 rings (SSSR count). The molecule has 1 aliphatic carbocycles. The van der Waals surface area contributed by atoms with Crippen molar-refractivity contribution in [2.75, 3.05) is 0 Å². The summed E-state index contributed by atoms with van der Waals surface area (Å²) in [6.07, 6.45) is 3.35. The fourth-order valence-electron chi connectivity index (χ4n) is 3.10. The zero-order valence-electron chi connectivity index (χ0n) is 13.7. The summed E-state index contributed by atoms with van der Waals surface area (Å²) in [5.74, 6) is 0.766. The van der Waals surface area contributed by atoms with Gasteiger partial charge in [-0.2, -0.15) is 0 Å². The van der Waals surface area contributed by atoms with Crippen molar-refractivity contribution in [3.05, 3.63) is 65.2 Å². The number of nitrogens with one attached hydrogen (secondary N) is 1. The molecule has 1 aliphatic rings. The lowest BCUT2D eigenvalue weighted by molar-refractivity contribution is 0.0932. The van der Waals surface area contributed by atoms with Gasteiger partial charge < -0.3 is 10.1 Å². The molecule has 0 radical (unpaired) electrons. The van der Waals surface area contributed by atoms with E-state index in [4.69, 9.17) is 4.74 Å². The monoisotopic (exact) mass is 309 g/mol. The topological polar surface area (TPSA) is 38.3 Å². The van der Waals surface area contributed by atoms with Gasteiger partial charge >= 0.3 is 0 Å². The second-order valence-electron chi connectivity index (χ2n) is 6.31. The number of carbonyl (C=O) groups is 1. The highest BCUT2D eigenvalue weighted by atomic mass is 16.5. The third-order valence-electron chi connectivity index (χ3n) is 4.16. The van der Waals surface area contributed by atoms with E-state index in [1.165, 1.54) is 11.1 Å². The van der Waals surface area contributed by atoms with E-state index in [1.807, 2.05) is 44.2 Å². The van der Waals surface area contributed by atoms with Crippen LogP contribution in [0.5, 0.6) is 5.75 Å². The molecule has 0 aromatic heterocycles. The minimum atomic E-state index is -0.0252. The van der Waals surface area contributed by atoms with Crippen LogP contribution in [0.25, 0.3) is 0 Å². The van der Waals surface area contributed by atoms with E-state index in [0.29, 0.717) is 5.56 Å². The maximum Gasteiger partial charge on any atom is 0.251 e. The van der Waals surface area contributed by atoms with E-state index in [2.05, 4.69) is 23.5 Å². The first-order valence-corrected chi connectivity index (χ1v) is 8.29. The molecule has 1 amide bonds. The lowest BCUT2D eigenvalue weighted by Gasteiger charge is -2.26. The lowest BCUT2D eigenvalue weighted by atomic mass is 9.87. The van der Waals surface area contributed by atoms with Crippen LogP contribution in [0, 0.1) is 0 Å². The molecule has 0 fully saturated rings. The summed E-state index contributed by atoms with van der Waals surface area (Å²) in [7, 11) is 0. The Labute approximate surface area is 137 Å². The molecule has 1 N–H and O–H groups in total. The van der Waals surface area contributed by atoms with Crippen molar-refractivity contribution in [2.45, 2.75) is 45.3 Å². The van der Waals surface area contributed by atoms with Crippen LogP contribution in [0.1, 0.15) is 54.2 Å². The lowest BCUT2D eigenvalue weighted by Crippen LogP contribution is -2.30. The Morgan fingerprint density at radius 3 is 2.61 bits per heavy atom. The van der Waals surface area contributed by atoms with Crippen LogP contribution in [0.4, 0.5) is 0 Å². The molecular weight excluding hydrogens is 286 g/mol. The Bertz CT molecular complexity index is 676. The second-order valence-corrected chi connectivity index (χ2v) is 6.31. The van der Waals surface area contributed by atoms with Crippen molar-refractivity contribution in [3.8, 4) is 5.75 Å². The van der Waals surface area contributed by atoms with Gasteiger partial charge in [-0.05, 0) is 68.5 Å². The minimum absolute atomic E-state index is 0.0252. The van der Waals surface area contributed by atoms with E-state index >= 15 is 0 Å². The second kappa shape index (κ2) is 6.86. The van der Waals surface area contributed by atoms with E-state index in [9.17, 15) is 4.79 Å². The number of rotatable bonds is 4. The predicted octanol–water partition coefficient (Wildman–Crippen LogP) is 4.28. The highest BCUT2D eigenvalue weighted by Crippen LogP contribution is 2.29. The third-order valence-corrected chi connectivity index (χ3v) is 4.16. The number of fused-ring (bicyclic) bond motifs is 1. The van der Waals surface area contributed by atoms with Gasteiger partial charge in [-0.3, -0.25) is 4.79 Å². The first-order valence-electron chi connectivity index (χ1n) is 8.29. The van der Waals surface area contributed by atoms with Crippen molar-refractivity contribution in [2.24, 2.45) is 0 Å². The summed E-state index contributed by atoms with van der Waals surface area (Å²) in [5.41, 5.74) is 3.28. The van der Waals surface area contributed by atoms with Crippen LogP contribution in [-0.4, -0.2) is 12.0 Å². The summed E-state index contributed by atoms with van der Waals surface area (Å²) >= 11 is 0. The molecule has 0 saturated heterocycles. The fraction of sp³-hybridized carbons (Fsp3) is 0.350. The van der Waals surface area contributed by atoms with Crippen LogP contribution < -0.4 is 10.1 Å². The van der Waals surface area contributed by atoms with E-state index in [1.54, 1.807) is 0 Å². The largest absolute Gasteiger partial charge is 0.491 e. The minimum Gasteiger partial charge on any atom is -0.491 e. The Morgan fingerprint density at radius 1 is 1.13 bits per heavy atom. The van der Waals surface area contributed by atoms with Gasteiger partial charge in [-0.25, -0.2) is 0 Å². The van der Waals surface area contributed by atoms with Crippen LogP contribution >= 0.6 is 0 Å². The van der Waals surface area contributed by atoms with Gasteiger partial charge in [-0.1, -0.05) is 24.3 Å². The molecule has 0 bridgehead atoms. The van der Waals surface area contributed by atoms with Crippen LogP contribution in [0.15, 0.2) is 48.5 Å². The van der Waals surface area contributed by atoms with Gasteiger partial charge in [0.15, 0.2) is 0 Å². The average molecular weight is 309 g/mol. The zero-order chi connectivity index (χ0) is 16.2. The highest BCUT2D eigenvalue weighted by Gasteiger charge is 2.21. The van der Waals surface area contributed by atoms with Gasteiger partial charge in [0.25, 0.3) is 5.91 Å². The van der Waals surface area contributed by atoms with Crippen LogP contribution in [0.2, 0.25) is 0 Å². The maximum absolute atomic E-state index is 12.5. The van der Waals surface area contributed by atoms with Crippen molar-refractivity contribution in [1.29, 1.82) is 0 Å². The van der Waals surface area contributed by atoms with Crippen LogP contribution in [-0.2, 0) is 6.42 Å². The molecule has 3 nitrogen and oxygen atoms in total. The summed E-state index contributed by atoms with van der Waals surface area (Å²) in [5, 5.41) is 3.17. The molecule has 0 heterocycles. The van der Waals surface area contributed by atoms with Gasteiger partial charge in [0.1, 0.15) is 5.75 Å². The van der Waals surface area contributed by atoms with Crippen molar-refractivity contribution in [3.63, 3.8) is 0 Å². The number of aryl methyl sites for hydroxylation is 1. The molecule has 0 spiro atoms. The molecule has 3 heteroatoms. The highest BCUT2D eigenvalue weighted by molar-refractivity contribution is 5.94. The summed E-state index contributed by atoms with van der Waals surface area (Å²) in [6.45, 7) is 3.97. The Kier molecular flexibility index (Phi) is 4.65. The number of hydrogen-bond acceptors (Lipinski definition) is 2. The van der Waals surface area contributed by atoms with E-state index in [-0.39, 0.29) is 18.1 Å². The molecule has 0 saturated carbocycles. The molecule has 1 atom stereocenters. The van der Waals surface area contributed by atoms with Crippen molar-refractivity contribution in [1.82, 2.24) is 5.32 Å². The first-order chi connectivity index (χ1) is 11.1. The Balaban J connectivity index is 1.70. The average Bonchev–Trinajstić information content (AvgIpc) is 2.55. The molecule has 120 valence electrons. The quantitative estimate of drug-likeness (QED) is 0.915. The van der Waals surface area contributed by atoms with Gasteiger partial charge in [0, 0.05) is 5.56 Å². The Hall–Kier alpha value is -2.29. The Morgan fingerprint density at radius 2 is 1.87 bits per heavy atom. The number of hydrogen-bond donors (Lipinski definition) is 1. The van der Waals surface area contributed by atoms with E-state index in [0.717, 1.165) is 25.0 Å². The SMILES string of the molecule is CC(C)Oc1ccc(C(=O)N[C@H]2CCCc3ccccc32)cc1. The molecule has 2 aromatic carbocycles. The predicted molar refractivity (Wildman–Crippen MR) is 91.8 cm³/mol. The molecule has 23 heavy (non-hydrogen) atoms. The number of benzene rings is 2. The van der Waals surface area contributed by atoms with Crippen molar-refractivity contribution < 1.29 is 9.53 Å². The number of ether oxygens (including phenoxy) is 1. The number of amides is 1.